The van der Waals surface area contributed by atoms with Crippen LogP contribution in [0.2, 0.25) is 0 Å². The third-order valence-electron chi connectivity index (χ3n) is 3.18. The zero-order valence-corrected chi connectivity index (χ0v) is 11.2. The predicted octanol–water partition coefficient (Wildman–Crippen LogP) is 3.63. The van der Waals surface area contributed by atoms with Gasteiger partial charge in [0.1, 0.15) is 0 Å². The molecule has 0 aliphatic rings. The Morgan fingerprint density at radius 3 is 2.58 bits per heavy atom. The fraction of sp³-hybridized carbons (Fsp3) is 0.357. The van der Waals surface area contributed by atoms with E-state index in [1.165, 1.54) is 6.07 Å². The van der Waals surface area contributed by atoms with Crippen LogP contribution >= 0.6 is 0 Å². The Morgan fingerprint density at radius 2 is 2.11 bits per heavy atom. The van der Waals surface area contributed by atoms with E-state index in [2.05, 4.69) is 10.4 Å². The summed E-state index contributed by atoms with van der Waals surface area (Å²) >= 11 is 0. The highest BCUT2D eigenvalue weighted by atomic mass is 19.3. The van der Waals surface area contributed by atoms with Gasteiger partial charge in [-0.1, -0.05) is 6.92 Å². The zero-order chi connectivity index (χ0) is 14.0. The molecule has 102 valence electrons. The van der Waals surface area contributed by atoms with Crippen molar-refractivity contribution < 1.29 is 8.78 Å². The first-order chi connectivity index (χ1) is 9.06. The number of nitrogens with zero attached hydrogens (tertiary/aromatic N) is 2. The highest BCUT2D eigenvalue weighted by molar-refractivity contribution is 5.72. The molecule has 1 heterocycles. The molecule has 3 nitrogen and oxygen atoms in total. The van der Waals surface area contributed by atoms with Gasteiger partial charge in [0.25, 0.3) is 6.43 Å². The van der Waals surface area contributed by atoms with Gasteiger partial charge in [0, 0.05) is 37.1 Å². The Bertz CT molecular complexity index is 576. The quantitative estimate of drug-likeness (QED) is 0.914. The predicted molar refractivity (Wildman–Crippen MR) is 72.5 cm³/mol. The molecule has 0 unspecified atom stereocenters. The molecule has 2 rings (SSSR count). The van der Waals surface area contributed by atoms with Gasteiger partial charge in [-0.2, -0.15) is 5.10 Å². The average Bonchev–Trinajstić information content (AvgIpc) is 2.83. The van der Waals surface area contributed by atoms with Gasteiger partial charge >= 0.3 is 0 Å². The molecular weight excluding hydrogens is 248 g/mol. The largest absolute Gasteiger partial charge is 0.388 e. The van der Waals surface area contributed by atoms with Gasteiger partial charge in [0.2, 0.25) is 0 Å². The number of hydrogen-bond donors (Lipinski definition) is 1. The third-order valence-corrected chi connectivity index (χ3v) is 3.18. The van der Waals surface area contributed by atoms with E-state index >= 15 is 0 Å². The highest BCUT2D eigenvalue weighted by Crippen LogP contribution is 2.35. The van der Waals surface area contributed by atoms with Crippen molar-refractivity contribution in [3.8, 4) is 11.1 Å². The number of halogens is 2. The second-order valence-corrected chi connectivity index (χ2v) is 4.40. The van der Waals surface area contributed by atoms with Crippen LogP contribution in [0.5, 0.6) is 0 Å². The fourth-order valence-corrected chi connectivity index (χ4v) is 2.18. The van der Waals surface area contributed by atoms with Crippen LogP contribution in [0.25, 0.3) is 11.1 Å². The van der Waals surface area contributed by atoms with Crippen LogP contribution in [0.3, 0.4) is 0 Å². The van der Waals surface area contributed by atoms with Crippen LogP contribution in [0.1, 0.15) is 24.5 Å². The van der Waals surface area contributed by atoms with E-state index < -0.39 is 6.43 Å². The van der Waals surface area contributed by atoms with Gasteiger partial charge in [0.05, 0.1) is 6.20 Å². The van der Waals surface area contributed by atoms with Crippen LogP contribution in [0, 0.1) is 0 Å². The number of alkyl halides is 2. The lowest BCUT2D eigenvalue weighted by molar-refractivity contribution is 0.152. The molecule has 2 aromatic rings. The smallest absolute Gasteiger partial charge is 0.264 e. The lowest BCUT2D eigenvalue weighted by Gasteiger charge is -2.14. The minimum Gasteiger partial charge on any atom is -0.388 e. The summed E-state index contributed by atoms with van der Waals surface area (Å²) in [5.41, 5.74) is 3.08. The number of rotatable bonds is 4. The van der Waals surface area contributed by atoms with Gasteiger partial charge < -0.3 is 5.32 Å². The maximum Gasteiger partial charge on any atom is 0.264 e. The SMILES string of the molecule is CCc1cc(-c2cnn(C)c2)c(C(F)F)cc1NC. The van der Waals surface area contributed by atoms with Crippen LogP contribution in [-0.4, -0.2) is 16.8 Å². The summed E-state index contributed by atoms with van der Waals surface area (Å²) in [6.07, 6.45) is 1.64. The van der Waals surface area contributed by atoms with Crippen molar-refractivity contribution in [1.29, 1.82) is 0 Å². The topological polar surface area (TPSA) is 29.9 Å². The molecule has 0 fully saturated rings. The van der Waals surface area contributed by atoms with E-state index in [1.54, 1.807) is 31.2 Å². The standard InChI is InChI=1S/C14H17F2N3/c1-4-9-5-11(10-7-18-19(3)8-10)12(14(15)16)6-13(9)17-2/h5-8,14,17H,4H2,1-3H3. The lowest BCUT2D eigenvalue weighted by Crippen LogP contribution is -1.99. The lowest BCUT2D eigenvalue weighted by atomic mass is 9.97. The van der Waals surface area contributed by atoms with E-state index in [1.807, 2.05) is 13.0 Å². The molecule has 1 aromatic heterocycles. The molecule has 19 heavy (non-hydrogen) atoms. The second-order valence-electron chi connectivity index (χ2n) is 4.40. The number of anilines is 1. The number of hydrogen-bond acceptors (Lipinski definition) is 2. The van der Waals surface area contributed by atoms with Gasteiger partial charge in [-0.25, -0.2) is 8.78 Å². The van der Waals surface area contributed by atoms with E-state index in [9.17, 15) is 8.78 Å². The van der Waals surface area contributed by atoms with Crippen LogP contribution in [0.15, 0.2) is 24.5 Å². The first kappa shape index (κ1) is 13.5. The normalized spacial score (nSPS) is 11.1. The maximum atomic E-state index is 13.2. The number of benzene rings is 1. The number of aromatic nitrogens is 2. The Labute approximate surface area is 111 Å². The Hall–Kier alpha value is -1.91. The molecule has 1 aromatic carbocycles. The third kappa shape index (κ3) is 2.59. The summed E-state index contributed by atoms with van der Waals surface area (Å²) in [7, 11) is 3.52. The molecule has 0 atom stereocenters. The van der Waals surface area contributed by atoms with Crippen molar-refractivity contribution in [3.05, 3.63) is 35.7 Å². The van der Waals surface area contributed by atoms with Crippen molar-refractivity contribution in [2.75, 3.05) is 12.4 Å². The van der Waals surface area contributed by atoms with Crippen molar-refractivity contribution in [2.45, 2.75) is 19.8 Å². The van der Waals surface area contributed by atoms with Crippen LogP contribution in [-0.2, 0) is 13.5 Å². The van der Waals surface area contributed by atoms with Gasteiger partial charge in [0.15, 0.2) is 0 Å². The maximum absolute atomic E-state index is 13.2. The monoisotopic (exact) mass is 265 g/mol. The van der Waals surface area contributed by atoms with Crippen molar-refractivity contribution in [1.82, 2.24) is 9.78 Å². The molecule has 0 aliphatic carbocycles. The molecule has 0 saturated carbocycles. The van der Waals surface area contributed by atoms with E-state index in [0.29, 0.717) is 5.56 Å². The molecule has 5 heteroatoms. The zero-order valence-electron chi connectivity index (χ0n) is 11.2. The van der Waals surface area contributed by atoms with Gasteiger partial charge in [-0.3, -0.25) is 4.68 Å². The highest BCUT2D eigenvalue weighted by Gasteiger charge is 2.18. The summed E-state index contributed by atoms with van der Waals surface area (Å²) in [6.45, 7) is 2.01. The molecule has 0 aliphatic heterocycles. The molecule has 0 amide bonds. The summed E-state index contributed by atoms with van der Waals surface area (Å²) in [5.74, 6) is 0. The summed E-state index contributed by atoms with van der Waals surface area (Å²) in [4.78, 5) is 0. The fourth-order valence-electron chi connectivity index (χ4n) is 2.18. The first-order valence-electron chi connectivity index (χ1n) is 6.18. The Kier molecular flexibility index (Phi) is 3.83. The van der Waals surface area contributed by atoms with E-state index in [0.717, 1.165) is 23.2 Å². The molecular formula is C14H17F2N3. The van der Waals surface area contributed by atoms with Gasteiger partial charge in [-0.05, 0) is 29.7 Å². The van der Waals surface area contributed by atoms with Crippen LogP contribution in [0.4, 0.5) is 14.5 Å². The molecule has 1 N–H and O–H groups in total. The van der Waals surface area contributed by atoms with Crippen LogP contribution < -0.4 is 5.32 Å². The summed E-state index contributed by atoms with van der Waals surface area (Å²) in [5, 5.41) is 7.02. The van der Waals surface area contributed by atoms with E-state index in [4.69, 9.17) is 0 Å². The van der Waals surface area contributed by atoms with E-state index in [-0.39, 0.29) is 5.56 Å². The average molecular weight is 265 g/mol. The summed E-state index contributed by atoms with van der Waals surface area (Å²) in [6, 6.07) is 3.36. The van der Waals surface area contributed by atoms with Gasteiger partial charge in [-0.15, -0.1) is 0 Å². The van der Waals surface area contributed by atoms with Crippen molar-refractivity contribution >= 4 is 5.69 Å². The second kappa shape index (κ2) is 5.38. The molecule has 0 bridgehead atoms. The minimum absolute atomic E-state index is 0.0366. The Morgan fingerprint density at radius 1 is 1.37 bits per heavy atom. The molecule has 0 spiro atoms. The molecule has 0 saturated heterocycles. The Balaban J connectivity index is 2.63. The molecule has 0 radical (unpaired) electrons. The van der Waals surface area contributed by atoms with Crippen molar-refractivity contribution in [2.24, 2.45) is 7.05 Å². The summed E-state index contributed by atoms with van der Waals surface area (Å²) < 4.78 is 28.0. The van der Waals surface area contributed by atoms with Crippen molar-refractivity contribution in [3.63, 3.8) is 0 Å². The number of nitrogens with one attached hydrogen (secondary N) is 1. The first-order valence-corrected chi connectivity index (χ1v) is 6.18. The minimum atomic E-state index is -2.51. The number of aryl methyl sites for hydroxylation is 2.